The van der Waals surface area contributed by atoms with Gasteiger partial charge < -0.3 is 0 Å². The summed E-state index contributed by atoms with van der Waals surface area (Å²) in [5.74, 6) is 3.35. The maximum atomic E-state index is 4.18. The monoisotopic (exact) mass is 941 g/mol. The Hall–Kier alpha value is -5.24. The summed E-state index contributed by atoms with van der Waals surface area (Å²) in [5.41, 5.74) is 7.28. The molecule has 388 valence electrons. The van der Waals surface area contributed by atoms with Gasteiger partial charge in [-0.05, 0) is 101 Å². The third-order valence-electron chi connectivity index (χ3n) is 7.73. The minimum absolute atomic E-state index is 0. The first-order chi connectivity index (χ1) is 31.8. The topological polar surface area (TPSA) is 103 Å². The molecular weight excluding hydrogens is 833 g/mol. The van der Waals surface area contributed by atoms with Crippen molar-refractivity contribution in [1.29, 1.82) is 0 Å². The van der Waals surface area contributed by atoms with Gasteiger partial charge in [0, 0.05) is 72.9 Å². The summed E-state index contributed by atoms with van der Waals surface area (Å²) in [6.45, 7) is 49.7. The van der Waals surface area contributed by atoms with E-state index in [-0.39, 0.29) is 14.9 Å². The first kappa shape index (κ1) is 79.8. The first-order valence-electron chi connectivity index (χ1n) is 25.0. The van der Waals surface area contributed by atoms with Gasteiger partial charge in [-0.3, -0.25) is 19.9 Å². The van der Waals surface area contributed by atoms with Gasteiger partial charge in [0.2, 0.25) is 0 Å². The Morgan fingerprint density at radius 1 is 0.265 bits per heavy atom. The molecule has 6 heterocycles. The van der Waals surface area contributed by atoms with Gasteiger partial charge in [-0.1, -0.05) is 199 Å². The van der Waals surface area contributed by atoms with Gasteiger partial charge in [-0.15, -0.1) is 0 Å². The SMILES string of the molecule is C.C.CC.CC.CC.CC.CC.CC.CC(C)c1ccccn1.CC(C)c1ccccn1.CC(C)c1cccnc1.CC(C)c1ccncc1.CC(C)c1ccncn1.CC(C)c1cncnc1. The molecule has 68 heavy (non-hydrogen) atoms. The molecule has 0 bridgehead atoms. The Bertz CT molecular complexity index is 1350. The molecule has 0 saturated carbocycles. The highest BCUT2D eigenvalue weighted by atomic mass is 14.8. The van der Waals surface area contributed by atoms with E-state index in [1.807, 2.05) is 187 Å². The van der Waals surface area contributed by atoms with Gasteiger partial charge >= 0.3 is 0 Å². The molecule has 0 amide bonds. The fraction of sp³-hybridized carbons (Fsp3) is 0.533. The Morgan fingerprint density at radius 2 is 0.632 bits per heavy atom. The number of hydrogen-bond donors (Lipinski definition) is 0. The van der Waals surface area contributed by atoms with E-state index < -0.39 is 0 Å². The van der Waals surface area contributed by atoms with Gasteiger partial charge in [0.1, 0.15) is 12.7 Å². The summed E-state index contributed by atoms with van der Waals surface area (Å²) < 4.78 is 0. The fourth-order valence-corrected chi connectivity index (χ4v) is 4.15. The van der Waals surface area contributed by atoms with Crippen LogP contribution in [0.1, 0.15) is 250 Å². The molecule has 6 aromatic rings. The zero-order valence-electron chi connectivity index (χ0n) is 46.7. The molecule has 0 aliphatic heterocycles. The standard InChI is InChI=1S/4C8H11N.2C7H10N2.6C2H6.2CH4/c1-7(2)8-3-5-9-6-4-8;1-7(2)8-4-3-5-9-6-8;2*1-7(2)8-5-3-4-6-9-8;1-6(2)7-3-8-5-9-4-7;1-6(2)7-3-4-8-5-9-7;6*1-2;;/h4*3-7H,1-2H3;2*3-6H,1-2H3;6*1-2H3;2*1H4. The highest BCUT2D eigenvalue weighted by Crippen LogP contribution is 2.13. The molecule has 0 radical (unpaired) electrons. The third kappa shape index (κ3) is 48.7. The van der Waals surface area contributed by atoms with Crippen molar-refractivity contribution >= 4 is 0 Å². The zero-order valence-corrected chi connectivity index (χ0v) is 46.7. The van der Waals surface area contributed by atoms with Crippen LogP contribution >= 0.6 is 0 Å². The van der Waals surface area contributed by atoms with Crippen molar-refractivity contribution in [2.45, 2.75) is 217 Å². The van der Waals surface area contributed by atoms with E-state index in [1.54, 1.807) is 25.0 Å². The Labute approximate surface area is 423 Å². The van der Waals surface area contributed by atoms with Crippen molar-refractivity contribution in [3.05, 3.63) is 169 Å². The van der Waals surface area contributed by atoms with Crippen LogP contribution < -0.4 is 0 Å². The van der Waals surface area contributed by atoms with E-state index in [0.29, 0.717) is 35.5 Å². The fourth-order valence-electron chi connectivity index (χ4n) is 4.15. The van der Waals surface area contributed by atoms with Gasteiger partial charge in [0.25, 0.3) is 0 Å². The van der Waals surface area contributed by atoms with Crippen molar-refractivity contribution < 1.29 is 0 Å². The van der Waals surface area contributed by atoms with Gasteiger partial charge in [0.05, 0.1) is 0 Å². The second kappa shape index (κ2) is 61.8. The van der Waals surface area contributed by atoms with Crippen molar-refractivity contribution in [3.63, 3.8) is 0 Å². The zero-order chi connectivity index (χ0) is 52.1. The molecular formula is C60H108N8. The predicted octanol–water partition coefficient (Wildman–Crippen LogP) is 19.4. The maximum Gasteiger partial charge on any atom is 0.115 e. The van der Waals surface area contributed by atoms with Crippen LogP contribution in [0.25, 0.3) is 0 Å². The van der Waals surface area contributed by atoms with E-state index in [1.165, 1.54) is 16.7 Å². The summed E-state index contributed by atoms with van der Waals surface area (Å²) in [6.07, 6.45) is 19.6. The second-order valence-corrected chi connectivity index (χ2v) is 14.3. The Balaban J connectivity index is -0.000000101. The minimum Gasteiger partial charge on any atom is -0.265 e. The summed E-state index contributed by atoms with van der Waals surface area (Å²) >= 11 is 0. The van der Waals surface area contributed by atoms with Crippen LogP contribution in [0, 0.1) is 0 Å². The number of pyridine rings is 4. The quantitative estimate of drug-likeness (QED) is 0.163. The molecule has 0 N–H and O–H groups in total. The number of aromatic nitrogens is 8. The van der Waals surface area contributed by atoms with Crippen molar-refractivity contribution in [1.82, 2.24) is 39.9 Å². The van der Waals surface area contributed by atoms with Crippen LogP contribution in [-0.2, 0) is 0 Å². The lowest BCUT2D eigenvalue weighted by Gasteiger charge is -2.01. The number of hydrogen-bond acceptors (Lipinski definition) is 8. The molecule has 0 fully saturated rings. The molecule has 0 aliphatic rings. The van der Waals surface area contributed by atoms with Crippen LogP contribution in [-0.4, -0.2) is 39.9 Å². The highest BCUT2D eigenvalue weighted by Gasteiger charge is 1.98. The van der Waals surface area contributed by atoms with Gasteiger partial charge in [0.15, 0.2) is 0 Å². The van der Waals surface area contributed by atoms with Gasteiger partial charge in [-0.25, -0.2) is 19.9 Å². The van der Waals surface area contributed by atoms with E-state index in [9.17, 15) is 0 Å². The Kier molecular flexibility index (Phi) is 72.5. The lowest BCUT2D eigenvalue weighted by molar-refractivity contribution is 0.814. The predicted molar refractivity (Wildman–Crippen MR) is 307 cm³/mol. The smallest absolute Gasteiger partial charge is 0.115 e. The average molecular weight is 942 g/mol. The van der Waals surface area contributed by atoms with E-state index in [0.717, 1.165) is 17.1 Å². The Morgan fingerprint density at radius 3 is 0.853 bits per heavy atom. The minimum atomic E-state index is 0. The maximum absolute atomic E-state index is 4.18. The largest absolute Gasteiger partial charge is 0.265 e. The molecule has 0 aromatic carbocycles. The van der Waals surface area contributed by atoms with Crippen LogP contribution in [0.4, 0.5) is 0 Å². The lowest BCUT2D eigenvalue weighted by atomic mass is 10.1. The summed E-state index contributed by atoms with van der Waals surface area (Å²) in [7, 11) is 0. The molecule has 0 atom stereocenters. The first-order valence-corrected chi connectivity index (χ1v) is 25.0. The molecule has 6 rings (SSSR count). The lowest BCUT2D eigenvalue weighted by Crippen LogP contribution is -1.90. The number of nitrogens with zero attached hydrogens (tertiary/aromatic N) is 8. The molecule has 8 nitrogen and oxygen atoms in total. The van der Waals surface area contributed by atoms with Gasteiger partial charge in [-0.2, -0.15) is 0 Å². The number of rotatable bonds is 6. The van der Waals surface area contributed by atoms with Crippen molar-refractivity contribution in [2.75, 3.05) is 0 Å². The summed E-state index contributed by atoms with van der Waals surface area (Å²) in [6, 6.07) is 22.1. The molecule has 0 saturated heterocycles. The highest BCUT2D eigenvalue weighted by molar-refractivity contribution is 5.14. The molecule has 6 aromatic heterocycles. The molecule has 0 unspecified atom stereocenters. The van der Waals surface area contributed by atoms with Crippen LogP contribution in [0.3, 0.4) is 0 Å². The molecule has 0 spiro atoms. The van der Waals surface area contributed by atoms with Crippen LogP contribution in [0.2, 0.25) is 0 Å². The molecule has 8 heteroatoms. The van der Waals surface area contributed by atoms with E-state index in [4.69, 9.17) is 0 Å². The van der Waals surface area contributed by atoms with E-state index >= 15 is 0 Å². The average Bonchev–Trinajstić information content (AvgIpc) is 3.40. The van der Waals surface area contributed by atoms with Crippen molar-refractivity contribution in [3.8, 4) is 0 Å². The second-order valence-electron chi connectivity index (χ2n) is 14.3. The van der Waals surface area contributed by atoms with Crippen molar-refractivity contribution in [2.24, 2.45) is 0 Å². The molecule has 0 aliphatic carbocycles. The van der Waals surface area contributed by atoms with E-state index in [2.05, 4.69) is 129 Å². The summed E-state index contributed by atoms with van der Waals surface area (Å²) in [5, 5.41) is 0. The normalized spacial score (nSPS) is 8.56. The van der Waals surface area contributed by atoms with Crippen LogP contribution in [0.5, 0.6) is 0 Å². The third-order valence-corrected chi connectivity index (χ3v) is 7.73. The summed E-state index contributed by atoms with van der Waals surface area (Å²) in [4.78, 5) is 32.0. The van der Waals surface area contributed by atoms with Crippen LogP contribution in [0.15, 0.2) is 135 Å².